The van der Waals surface area contributed by atoms with Crippen LogP contribution >= 0.6 is 11.3 Å². The minimum Gasteiger partial charge on any atom is -0.507 e. The molecule has 0 spiro atoms. The monoisotopic (exact) mass is 531 g/mol. The summed E-state index contributed by atoms with van der Waals surface area (Å²) in [6.07, 6.45) is -0.00638. The fraction of sp³-hybridized carbons (Fsp3) is 0.154. The first-order valence-corrected chi connectivity index (χ1v) is 13.4. The Kier molecular flexibility index (Phi) is 7.80. The lowest BCUT2D eigenvalue weighted by Gasteiger charge is -2.20. The van der Waals surface area contributed by atoms with Crippen LogP contribution < -0.4 is 5.32 Å². The number of aromatic hydroxyl groups is 1. The maximum absolute atomic E-state index is 13.0. The van der Waals surface area contributed by atoms with Gasteiger partial charge in [0.1, 0.15) is 10.8 Å². The van der Waals surface area contributed by atoms with Gasteiger partial charge in [0.25, 0.3) is 5.91 Å². The highest BCUT2D eigenvalue weighted by molar-refractivity contribution is 7.89. The number of carbonyl (C=O) groups is 1. The molecule has 0 aliphatic carbocycles. The van der Waals surface area contributed by atoms with Crippen molar-refractivity contribution in [3.63, 3.8) is 0 Å². The lowest BCUT2D eigenvalue weighted by atomic mass is 10.1. The molecule has 0 aliphatic rings. The lowest BCUT2D eigenvalue weighted by Crippen LogP contribution is -2.32. The van der Waals surface area contributed by atoms with Gasteiger partial charge in [-0.3, -0.25) is 4.79 Å². The molecule has 4 aromatic rings. The van der Waals surface area contributed by atoms with Crippen LogP contribution in [0.1, 0.15) is 23.2 Å². The zero-order valence-corrected chi connectivity index (χ0v) is 21.1. The second kappa shape index (κ2) is 11.2. The van der Waals surface area contributed by atoms with Crippen molar-refractivity contribution in [3.8, 4) is 28.5 Å². The van der Waals surface area contributed by atoms with Crippen LogP contribution in [-0.4, -0.2) is 41.8 Å². The highest BCUT2D eigenvalue weighted by atomic mass is 32.2. The number of nitriles is 2. The van der Waals surface area contributed by atoms with E-state index in [9.17, 15) is 18.3 Å². The average molecular weight is 532 g/mol. The van der Waals surface area contributed by atoms with Crippen LogP contribution in [0.15, 0.2) is 71.6 Å². The minimum absolute atomic E-state index is 0.00319. The molecule has 0 atom stereocenters. The van der Waals surface area contributed by atoms with E-state index in [1.165, 1.54) is 41.7 Å². The van der Waals surface area contributed by atoms with E-state index in [1.807, 2.05) is 36.4 Å². The van der Waals surface area contributed by atoms with E-state index in [1.54, 1.807) is 12.1 Å². The normalized spacial score (nSPS) is 11.2. The topological polar surface area (TPSA) is 147 Å². The zero-order chi connectivity index (χ0) is 26.4. The number of anilines is 1. The van der Waals surface area contributed by atoms with Gasteiger partial charge in [-0.25, -0.2) is 13.4 Å². The third-order valence-electron chi connectivity index (χ3n) is 5.48. The zero-order valence-electron chi connectivity index (χ0n) is 19.5. The van der Waals surface area contributed by atoms with Crippen molar-refractivity contribution in [1.82, 2.24) is 9.29 Å². The van der Waals surface area contributed by atoms with Crippen molar-refractivity contribution in [3.05, 3.63) is 72.3 Å². The van der Waals surface area contributed by atoms with Gasteiger partial charge in [-0.1, -0.05) is 12.1 Å². The summed E-state index contributed by atoms with van der Waals surface area (Å²) >= 11 is 1.42. The van der Waals surface area contributed by atoms with Gasteiger partial charge in [0.05, 0.1) is 32.8 Å². The number of hydrogen-bond donors (Lipinski definition) is 2. The first-order chi connectivity index (χ1) is 17.8. The number of nitrogens with zero attached hydrogens (tertiary/aromatic N) is 4. The number of thiazole rings is 1. The van der Waals surface area contributed by atoms with E-state index in [-0.39, 0.29) is 42.1 Å². The molecule has 0 bridgehead atoms. The summed E-state index contributed by atoms with van der Waals surface area (Å²) in [7, 11) is -3.93. The number of benzene rings is 3. The van der Waals surface area contributed by atoms with Crippen LogP contribution in [0.5, 0.6) is 5.75 Å². The summed E-state index contributed by atoms with van der Waals surface area (Å²) in [5.41, 5.74) is 1.96. The number of sulfonamides is 1. The Bertz CT molecular complexity index is 1580. The maximum Gasteiger partial charge on any atom is 0.255 e. The Labute approximate surface area is 217 Å². The van der Waals surface area contributed by atoms with Gasteiger partial charge in [0, 0.05) is 37.2 Å². The first kappa shape index (κ1) is 25.8. The molecule has 2 N–H and O–H groups in total. The van der Waals surface area contributed by atoms with Crippen LogP contribution in [0.4, 0.5) is 5.69 Å². The predicted octanol–water partition coefficient (Wildman–Crippen LogP) is 4.74. The fourth-order valence-electron chi connectivity index (χ4n) is 3.60. The summed E-state index contributed by atoms with van der Waals surface area (Å²) in [6.45, 7) is -0.0544. The Balaban J connectivity index is 1.52. The van der Waals surface area contributed by atoms with Crippen molar-refractivity contribution < 1.29 is 18.3 Å². The Morgan fingerprint density at radius 3 is 2.32 bits per heavy atom. The third kappa shape index (κ3) is 5.76. The number of hydrogen-bond acceptors (Lipinski definition) is 8. The molecule has 3 aromatic carbocycles. The molecule has 1 amide bonds. The highest BCUT2D eigenvalue weighted by Gasteiger charge is 2.24. The number of phenolic OH excluding ortho intramolecular Hbond substituents is 1. The molecule has 1 aromatic heterocycles. The van der Waals surface area contributed by atoms with Gasteiger partial charge in [0.2, 0.25) is 10.0 Å². The lowest BCUT2D eigenvalue weighted by molar-refractivity contribution is 0.102. The summed E-state index contributed by atoms with van der Waals surface area (Å²) in [5.74, 6) is -0.431. The van der Waals surface area contributed by atoms with E-state index >= 15 is 0 Å². The van der Waals surface area contributed by atoms with Crippen LogP contribution in [0, 0.1) is 22.7 Å². The quantitative estimate of drug-likeness (QED) is 0.296. The molecule has 0 fully saturated rings. The molecule has 11 heteroatoms. The number of phenols is 1. The molecule has 4 rings (SSSR count). The molecule has 186 valence electrons. The van der Waals surface area contributed by atoms with Crippen LogP contribution in [0.25, 0.3) is 20.8 Å². The third-order valence-corrected chi connectivity index (χ3v) is 8.46. The molecule has 0 radical (unpaired) electrons. The molecule has 0 aliphatic heterocycles. The summed E-state index contributed by atoms with van der Waals surface area (Å²) in [5, 5.41) is 31.4. The molecule has 9 nitrogen and oxygen atoms in total. The Hall–Kier alpha value is -4.29. The van der Waals surface area contributed by atoms with Crippen LogP contribution in [0.3, 0.4) is 0 Å². The predicted molar refractivity (Wildman–Crippen MR) is 140 cm³/mol. The smallest absolute Gasteiger partial charge is 0.255 e. The van der Waals surface area contributed by atoms with E-state index in [0.29, 0.717) is 16.3 Å². The maximum atomic E-state index is 13.0. The molecule has 0 saturated heterocycles. The summed E-state index contributed by atoms with van der Waals surface area (Å²) in [6, 6.07) is 21.5. The Morgan fingerprint density at radius 1 is 1.00 bits per heavy atom. The van der Waals surface area contributed by atoms with Crippen LogP contribution in [-0.2, 0) is 10.0 Å². The number of carbonyl (C=O) groups excluding carboxylic acids is 1. The summed E-state index contributed by atoms with van der Waals surface area (Å²) in [4.78, 5) is 17.4. The van der Waals surface area contributed by atoms with Crippen molar-refractivity contribution in [1.29, 1.82) is 10.5 Å². The number of fused-ring (bicyclic) bond motifs is 1. The fourth-order valence-corrected chi connectivity index (χ4v) is 6.04. The van der Waals surface area contributed by atoms with Crippen molar-refractivity contribution in [2.45, 2.75) is 17.7 Å². The minimum atomic E-state index is -3.93. The van der Waals surface area contributed by atoms with Gasteiger partial charge in [-0.15, -0.1) is 11.3 Å². The first-order valence-electron chi connectivity index (χ1n) is 11.2. The van der Waals surface area contributed by atoms with Crippen molar-refractivity contribution >= 4 is 43.2 Å². The number of aromatic nitrogens is 1. The van der Waals surface area contributed by atoms with E-state index in [2.05, 4.69) is 10.3 Å². The van der Waals surface area contributed by atoms with Gasteiger partial charge in [0.15, 0.2) is 0 Å². The van der Waals surface area contributed by atoms with Crippen molar-refractivity contribution in [2.24, 2.45) is 0 Å². The van der Waals surface area contributed by atoms with E-state index in [0.717, 1.165) is 14.5 Å². The average Bonchev–Trinajstić information content (AvgIpc) is 3.34. The molecular weight excluding hydrogens is 510 g/mol. The number of rotatable bonds is 9. The SMILES string of the molecule is N#CCCN(CCC#N)S(=O)(=O)c1ccc(C(=O)Nc2ccc(O)c(-c3nc4ccccc4s3)c2)cc1. The van der Waals surface area contributed by atoms with Gasteiger partial charge >= 0.3 is 0 Å². The number of nitrogens with one attached hydrogen (secondary N) is 1. The van der Waals surface area contributed by atoms with Gasteiger partial charge < -0.3 is 10.4 Å². The standard InChI is InChI=1S/C26H21N5O4S2/c27-13-3-15-31(16-4-14-28)37(34,35)20-10-7-18(8-11-20)25(33)29-19-9-12-23(32)21(17-19)26-30-22-5-1-2-6-24(22)36-26/h1-2,5-12,17,32H,3-4,15-16H2,(H,29,33). The molecule has 0 unspecified atom stereocenters. The number of para-hydroxylation sites is 1. The van der Waals surface area contributed by atoms with Gasteiger partial charge in [-0.2, -0.15) is 14.8 Å². The molecule has 37 heavy (non-hydrogen) atoms. The largest absolute Gasteiger partial charge is 0.507 e. The van der Waals surface area contributed by atoms with Crippen LogP contribution in [0.2, 0.25) is 0 Å². The second-order valence-corrected chi connectivity index (χ2v) is 10.9. The molecule has 1 heterocycles. The van der Waals surface area contributed by atoms with E-state index in [4.69, 9.17) is 10.5 Å². The highest BCUT2D eigenvalue weighted by Crippen LogP contribution is 2.36. The number of amides is 1. The molecular formula is C26H21N5O4S2. The second-order valence-electron chi connectivity index (χ2n) is 7.92. The van der Waals surface area contributed by atoms with Gasteiger partial charge in [-0.05, 0) is 54.6 Å². The van der Waals surface area contributed by atoms with E-state index < -0.39 is 15.9 Å². The van der Waals surface area contributed by atoms with Crippen molar-refractivity contribution in [2.75, 3.05) is 18.4 Å². The Morgan fingerprint density at radius 2 is 1.68 bits per heavy atom. The molecule has 0 saturated carbocycles. The summed E-state index contributed by atoms with van der Waals surface area (Å²) < 4.78 is 28.0.